The highest BCUT2D eigenvalue weighted by atomic mass is 35.5. The molecule has 1 aromatic heterocycles. The quantitative estimate of drug-likeness (QED) is 0.498. The highest BCUT2D eigenvalue weighted by molar-refractivity contribution is 7.80. The summed E-state index contributed by atoms with van der Waals surface area (Å²) in [7, 11) is 1.80. The minimum atomic E-state index is -0.0918. The van der Waals surface area contributed by atoms with Gasteiger partial charge in [0.2, 0.25) is 0 Å². The molecule has 1 atom stereocenters. The molecule has 1 N–H and O–H groups in total. The van der Waals surface area contributed by atoms with Gasteiger partial charge in [-0.05, 0) is 42.4 Å². The summed E-state index contributed by atoms with van der Waals surface area (Å²) in [5.74, 6) is 0. The van der Waals surface area contributed by atoms with Gasteiger partial charge in [0, 0.05) is 24.4 Å². The SMILES string of the molecule is CNC(=S)N1N=C(c2ccccc2)CC1c1cc2ccc(C)cc2nc1Cl. The first kappa shape index (κ1) is 17.9. The molecule has 2 aromatic carbocycles. The summed E-state index contributed by atoms with van der Waals surface area (Å²) >= 11 is 12.1. The molecular formula is C21H19ClN4S. The smallest absolute Gasteiger partial charge is 0.189 e. The molecular weight excluding hydrogens is 376 g/mol. The number of fused-ring (bicyclic) bond motifs is 1. The van der Waals surface area contributed by atoms with Crippen LogP contribution in [0, 0.1) is 6.92 Å². The first-order valence-electron chi connectivity index (χ1n) is 8.77. The van der Waals surface area contributed by atoms with Crippen LogP contribution in [-0.2, 0) is 0 Å². The van der Waals surface area contributed by atoms with Crippen LogP contribution < -0.4 is 5.32 Å². The van der Waals surface area contributed by atoms with E-state index in [0.717, 1.165) is 33.3 Å². The lowest BCUT2D eigenvalue weighted by atomic mass is 9.98. The monoisotopic (exact) mass is 394 g/mol. The van der Waals surface area contributed by atoms with Crippen molar-refractivity contribution >= 4 is 45.5 Å². The molecule has 3 aromatic rings. The Balaban J connectivity index is 1.78. The molecule has 0 saturated heterocycles. The summed E-state index contributed by atoms with van der Waals surface area (Å²) in [6, 6.07) is 18.4. The van der Waals surface area contributed by atoms with Crippen molar-refractivity contribution in [1.29, 1.82) is 0 Å². The maximum absolute atomic E-state index is 6.59. The van der Waals surface area contributed by atoms with Crippen LogP contribution in [0.25, 0.3) is 10.9 Å². The lowest BCUT2D eigenvalue weighted by Gasteiger charge is -2.24. The van der Waals surface area contributed by atoms with Crippen LogP contribution in [0.5, 0.6) is 0 Å². The minimum absolute atomic E-state index is 0.0918. The Hall–Kier alpha value is -2.50. The number of nitrogens with one attached hydrogen (secondary N) is 1. The second kappa shape index (κ2) is 7.25. The number of rotatable bonds is 2. The molecule has 27 heavy (non-hydrogen) atoms. The van der Waals surface area contributed by atoms with Crippen molar-refractivity contribution in [3.8, 4) is 0 Å². The van der Waals surface area contributed by atoms with Crippen LogP contribution in [0.4, 0.5) is 0 Å². The van der Waals surface area contributed by atoms with E-state index >= 15 is 0 Å². The van der Waals surface area contributed by atoms with Gasteiger partial charge in [0.1, 0.15) is 5.15 Å². The van der Waals surface area contributed by atoms with Crippen molar-refractivity contribution in [3.05, 3.63) is 76.4 Å². The maximum Gasteiger partial charge on any atom is 0.189 e. The van der Waals surface area contributed by atoms with Gasteiger partial charge in [0.25, 0.3) is 0 Å². The van der Waals surface area contributed by atoms with Crippen LogP contribution in [0.2, 0.25) is 5.15 Å². The fourth-order valence-corrected chi connectivity index (χ4v) is 3.80. The van der Waals surface area contributed by atoms with Crippen LogP contribution in [-0.4, -0.2) is 27.9 Å². The van der Waals surface area contributed by atoms with Crippen molar-refractivity contribution in [3.63, 3.8) is 0 Å². The summed E-state index contributed by atoms with van der Waals surface area (Å²) in [6.45, 7) is 2.05. The summed E-state index contributed by atoms with van der Waals surface area (Å²) in [5.41, 5.74) is 5.06. The number of aromatic nitrogens is 1. The molecule has 4 rings (SSSR count). The molecule has 0 aliphatic carbocycles. The predicted molar refractivity (Wildman–Crippen MR) is 115 cm³/mol. The largest absolute Gasteiger partial charge is 0.364 e. The zero-order valence-corrected chi connectivity index (χ0v) is 16.7. The average Bonchev–Trinajstić information content (AvgIpc) is 3.12. The van der Waals surface area contributed by atoms with Crippen molar-refractivity contribution in [2.45, 2.75) is 19.4 Å². The van der Waals surface area contributed by atoms with E-state index in [1.54, 1.807) is 7.05 Å². The Morgan fingerprint density at radius 2 is 1.96 bits per heavy atom. The summed E-state index contributed by atoms with van der Waals surface area (Å²) < 4.78 is 0. The van der Waals surface area contributed by atoms with Gasteiger partial charge in [-0.15, -0.1) is 0 Å². The molecule has 0 spiro atoms. The third kappa shape index (κ3) is 3.40. The van der Waals surface area contributed by atoms with Crippen LogP contribution >= 0.6 is 23.8 Å². The number of hydrogen-bond acceptors (Lipinski definition) is 3. The van der Waals surface area contributed by atoms with E-state index in [-0.39, 0.29) is 6.04 Å². The summed E-state index contributed by atoms with van der Waals surface area (Å²) in [6.07, 6.45) is 0.713. The van der Waals surface area contributed by atoms with E-state index < -0.39 is 0 Å². The first-order valence-corrected chi connectivity index (χ1v) is 9.56. The molecule has 0 saturated carbocycles. The number of nitrogens with zero attached hydrogens (tertiary/aromatic N) is 3. The van der Waals surface area contributed by atoms with Crippen LogP contribution in [0.3, 0.4) is 0 Å². The van der Waals surface area contributed by atoms with Crippen molar-refractivity contribution in [1.82, 2.24) is 15.3 Å². The number of hydrazone groups is 1. The van der Waals surface area contributed by atoms with Gasteiger partial charge in [0.05, 0.1) is 17.3 Å². The Morgan fingerprint density at radius 1 is 1.19 bits per heavy atom. The lowest BCUT2D eigenvalue weighted by Crippen LogP contribution is -2.34. The summed E-state index contributed by atoms with van der Waals surface area (Å²) in [4.78, 5) is 4.62. The minimum Gasteiger partial charge on any atom is -0.364 e. The van der Waals surface area contributed by atoms with Gasteiger partial charge < -0.3 is 5.32 Å². The number of benzene rings is 2. The Labute approximate surface area is 168 Å². The van der Waals surface area contributed by atoms with E-state index in [0.29, 0.717) is 16.7 Å². The molecule has 0 radical (unpaired) electrons. The zero-order valence-electron chi connectivity index (χ0n) is 15.1. The van der Waals surface area contributed by atoms with Crippen molar-refractivity contribution in [2.75, 3.05) is 7.05 Å². The number of pyridine rings is 1. The highest BCUT2D eigenvalue weighted by Crippen LogP contribution is 2.37. The van der Waals surface area contributed by atoms with Gasteiger partial charge in [-0.2, -0.15) is 5.10 Å². The highest BCUT2D eigenvalue weighted by Gasteiger charge is 2.33. The molecule has 0 amide bonds. The first-order chi connectivity index (χ1) is 13.1. The molecule has 1 unspecified atom stereocenters. The molecule has 0 bridgehead atoms. The maximum atomic E-state index is 6.59. The lowest BCUT2D eigenvalue weighted by molar-refractivity contribution is 0.366. The van der Waals surface area contributed by atoms with Gasteiger partial charge >= 0.3 is 0 Å². The summed E-state index contributed by atoms with van der Waals surface area (Å²) in [5, 5.41) is 11.8. The van der Waals surface area contributed by atoms with Crippen molar-refractivity contribution < 1.29 is 0 Å². The normalized spacial score (nSPS) is 16.5. The van der Waals surface area contributed by atoms with E-state index in [1.807, 2.05) is 36.2 Å². The third-order valence-electron chi connectivity index (χ3n) is 4.75. The van der Waals surface area contributed by atoms with Crippen LogP contribution in [0.1, 0.15) is 29.2 Å². The Bertz CT molecular complexity index is 1050. The van der Waals surface area contributed by atoms with Gasteiger partial charge in [-0.1, -0.05) is 54.1 Å². The van der Waals surface area contributed by atoms with Crippen molar-refractivity contribution in [2.24, 2.45) is 5.10 Å². The topological polar surface area (TPSA) is 40.5 Å². The van der Waals surface area contributed by atoms with E-state index in [1.165, 1.54) is 0 Å². The van der Waals surface area contributed by atoms with Gasteiger partial charge in [-0.25, -0.2) is 9.99 Å². The zero-order chi connectivity index (χ0) is 19.0. The number of aryl methyl sites for hydroxylation is 1. The number of hydrogen-bond donors (Lipinski definition) is 1. The standard InChI is InChI=1S/C21H19ClN4S/c1-13-8-9-15-11-16(20(22)24-17(15)10-13)19-12-18(14-6-4-3-5-7-14)25-26(19)21(27)23-2/h3-11,19H,12H2,1-2H3,(H,23,27). The number of thiocarbonyl (C=S) groups is 1. The fourth-order valence-electron chi connectivity index (χ4n) is 3.36. The molecule has 2 heterocycles. The molecule has 4 nitrogen and oxygen atoms in total. The molecule has 136 valence electrons. The Kier molecular flexibility index (Phi) is 4.81. The predicted octanol–water partition coefficient (Wildman–Crippen LogP) is 4.85. The second-order valence-corrected chi connectivity index (χ2v) is 7.34. The van der Waals surface area contributed by atoms with Crippen LogP contribution in [0.15, 0.2) is 59.7 Å². The second-order valence-electron chi connectivity index (χ2n) is 6.60. The number of halogens is 1. The molecule has 1 aliphatic rings. The molecule has 1 aliphatic heterocycles. The van der Waals surface area contributed by atoms with Gasteiger partial charge in [0.15, 0.2) is 5.11 Å². The van der Waals surface area contributed by atoms with E-state index in [4.69, 9.17) is 28.9 Å². The van der Waals surface area contributed by atoms with E-state index in [2.05, 4.69) is 40.6 Å². The van der Waals surface area contributed by atoms with Gasteiger partial charge in [-0.3, -0.25) is 0 Å². The third-order valence-corrected chi connectivity index (χ3v) is 5.45. The average molecular weight is 395 g/mol. The molecule has 6 heteroatoms. The fraction of sp³-hybridized carbons (Fsp3) is 0.190. The van der Waals surface area contributed by atoms with E-state index in [9.17, 15) is 0 Å². The molecule has 0 fully saturated rings. The Morgan fingerprint density at radius 3 is 2.70 bits per heavy atom.